The largest absolute Gasteiger partial charge is 0.288 e. The van der Waals surface area contributed by atoms with Crippen LogP contribution < -0.4 is 0 Å². The minimum absolute atomic E-state index is 0.671. The number of aromatic nitrogens is 2. The standard InChI is InChI=1S/C18H11N3S/c19-11-13-7-8-16(15-6-2-1-5-14(13)15)21-17(22)10-12-4-3-9-20-18(12)21/h1-10,22H. The number of hydrogen-bond donors (Lipinski definition) is 1. The SMILES string of the molecule is N#Cc1ccc(-n2c(S)cc3cccnc32)c2ccccc12. The average molecular weight is 301 g/mol. The number of nitrogens with zero attached hydrogens (tertiary/aromatic N) is 3. The minimum atomic E-state index is 0.671. The molecule has 0 saturated heterocycles. The van der Waals surface area contributed by atoms with E-state index < -0.39 is 0 Å². The van der Waals surface area contributed by atoms with Crippen LogP contribution in [0.4, 0.5) is 0 Å². The van der Waals surface area contributed by atoms with Crippen molar-refractivity contribution in [1.82, 2.24) is 9.55 Å². The molecule has 0 bridgehead atoms. The first-order valence-corrected chi connectivity index (χ1v) is 7.32. The van der Waals surface area contributed by atoms with E-state index in [2.05, 4.69) is 23.7 Å². The molecule has 0 aliphatic carbocycles. The van der Waals surface area contributed by atoms with E-state index in [9.17, 15) is 5.26 Å². The quantitative estimate of drug-likeness (QED) is 0.531. The number of fused-ring (bicyclic) bond motifs is 2. The molecule has 0 unspecified atom stereocenters. The van der Waals surface area contributed by atoms with Crippen LogP contribution in [0.3, 0.4) is 0 Å². The predicted octanol–water partition coefficient (Wildman–Crippen LogP) is 4.34. The van der Waals surface area contributed by atoms with Gasteiger partial charge >= 0.3 is 0 Å². The van der Waals surface area contributed by atoms with Gasteiger partial charge in [-0.1, -0.05) is 24.3 Å². The second kappa shape index (κ2) is 4.90. The van der Waals surface area contributed by atoms with Gasteiger partial charge in [0.05, 0.1) is 22.3 Å². The molecule has 0 radical (unpaired) electrons. The van der Waals surface area contributed by atoms with Gasteiger partial charge < -0.3 is 0 Å². The van der Waals surface area contributed by atoms with Gasteiger partial charge in [0, 0.05) is 22.4 Å². The van der Waals surface area contributed by atoms with E-state index in [1.807, 2.05) is 59.2 Å². The van der Waals surface area contributed by atoms with Crippen LogP contribution in [0.5, 0.6) is 0 Å². The average Bonchev–Trinajstić information content (AvgIpc) is 2.89. The number of pyridine rings is 1. The summed E-state index contributed by atoms with van der Waals surface area (Å²) in [4.78, 5) is 4.48. The summed E-state index contributed by atoms with van der Waals surface area (Å²) in [7, 11) is 0. The molecule has 4 aromatic rings. The smallest absolute Gasteiger partial charge is 0.145 e. The lowest BCUT2D eigenvalue weighted by Crippen LogP contribution is -1.98. The molecule has 104 valence electrons. The van der Waals surface area contributed by atoms with Crippen LogP contribution >= 0.6 is 12.6 Å². The summed E-state index contributed by atoms with van der Waals surface area (Å²) in [5.41, 5.74) is 2.51. The fraction of sp³-hybridized carbons (Fsp3) is 0. The van der Waals surface area contributed by atoms with Crippen LogP contribution in [0, 0.1) is 11.3 Å². The maximum absolute atomic E-state index is 9.30. The van der Waals surface area contributed by atoms with Crippen LogP contribution in [0.15, 0.2) is 65.8 Å². The summed E-state index contributed by atoms with van der Waals surface area (Å²) in [6.07, 6.45) is 1.78. The summed E-state index contributed by atoms with van der Waals surface area (Å²) in [6, 6.07) is 19.9. The van der Waals surface area contributed by atoms with E-state index in [-0.39, 0.29) is 0 Å². The van der Waals surface area contributed by atoms with Gasteiger partial charge in [-0.3, -0.25) is 4.57 Å². The van der Waals surface area contributed by atoms with Crippen molar-refractivity contribution >= 4 is 34.4 Å². The number of rotatable bonds is 1. The Hall–Kier alpha value is -2.77. The second-order valence-electron chi connectivity index (χ2n) is 5.04. The van der Waals surface area contributed by atoms with Crippen molar-refractivity contribution in [2.75, 3.05) is 0 Å². The third-order valence-electron chi connectivity index (χ3n) is 3.80. The van der Waals surface area contributed by atoms with E-state index in [4.69, 9.17) is 0 Å². The fourth-order valence-corrected chi connectivity index (χ4v) is 3.18. The van der Waals surface area contributed by atoms with Crippen molar-refractivity contribution in [3.63, 3.8) is 0 Å². The molecule has 0 N–H and O–H groups in total. The molecular formula is C18H11N3S. The lowest BCUT2D eigenvalue weighted by atomic mass is 10.0. The third kappa shape index (κ3) is 1.80. The maximum atomic E-state index is 9.30. The Labute approximate surface area is 132 Å². The highest BCUT2D eigenvalue weighted by Gasteiger charge is 2.13. The molecule has 4 rings (SSSR count). The monoisotopic (exact) mass is 301 g/mol. The van der Waals surface area contributed by atoms with Crippen molar-refractivity contribution in [3.05, 3.63) is 66.4 Å². The van der Waals surface area contributed by atoms with E-state index in [0.29, 0.717) is 5.56 Å². The lowest BCUT2D eigenvalue weighted by Gasteiger charge is -2.11. The van der Waals surface area contributed by atoms with E-state index in [0.717, 1.165) is 32.5 Å². The minimum Gasteiger partial charge on any atom is -0.288 e. The first-order valence-electron chi connectivity index (χ1n) is 6.87. The van der Waals surface area contributed by atoms with Gasteiger partial charge in [-0.05, 0) is 30.3 Å². The zero-order valence-electron chi connectivity index (χ0n) is 11.6. The van der Waals surface area contributed by atoms with Crippen LogP contribution in [0.2, 0.25) is 0 Å². The molecule has 2 aromatic heterocycles. The number of nitriles is 1. The maximum Gasteiger partial charge on any atom is 0.145 e. The molecule has 2 aromatic carbocycles. The van der Waals surface area contributed by atoms with Crippen molar-refractivity contribution < 1.29 is 0 Å². The molecule has 3 nitrogen and oxygen atoms in total. The Morgan fingerprint density at radius 1 is 1.00 bits per heavy atom. The topological polar surface area (TPSA) is 41.6 Å². The number of thiol groups is 1. The van der Waals surface area contributed by atoms with Crippen LogP contribution in [0.25, 0.3) is 27.5 Å². The van der Waals surface area contributed by atoms with E-state index in [1.165, 1.54) is 0 Å². The van der Waals surface area contributed by atoms with E-state index in [1.54, 1.807) is 6.20 Å². The van der Waals surface area contributed by atoms with Gasteiger partial charge in [-0.2, -0.15) is 5.26 Å². The van der Waals surface area contributed by atoms with Crippen molar-refractivity contribution in [2.45, 2.75) is 5.03 Å². The molecule has 0 aliphatic rings. The van der Waals surface area contributed by atoms with Gasteiger partial charge in [-0.15, -0.1) is 12.6 Å². The van der Waals surface area contributed by atoms with Gasteiger partial charge in [0.2, 0.25) is 0 Å². The van der Waals surface area contributed by atoms with Crippen LogP contribution in [-0.4, -0.2) is 9.55 Å². The Morgan fingerprint density at radius 3 is 2.64 bits per heavy atom. The highest BCUT2D eigenvalue weighted by Crippen LogP contribution is 2.31. The number of benzene rings is 2. The molecular weight excluding hydrogens is 290 g/mol. The summed E-state index contributed by atoms with van der Waals surface area (Å²) < 4.78 is 2.02. The van der Waals surface area contributed by atoms with Gasteiger partial charge in [0.25, 0.3) is 0 Å². The molecule has 0 spiro atoms. The normalized spacial score (nSPS) is 10.9. The Bertz CT molecular complexity index is 1060. The summed E-state index contributed by atoms with van der Waals surface area (Å²) in [5, 5.41) is 13.1. The summed E-state index contributed by atoms with van der Waals surface area (Å²) >= 11 is 4.60. The highest BCUT2D eigenvalue weighted by molar-refractivity contribution is 7.80. The van der Waals surface area contributed by atoms with Crippen LogP contribution in [0.1, 0.15) is 5.56 Å². The first kappa shape index (κ1) is 12.9. The summed E-state index contributed by atoms with van der Waals surface area (Å²) in [5.74, 6) is 0. The molecule has 0 saturated carbocycles. The Balaban J connectivity index is 2.14. The molecule has 2 heterocycles. The Kier molecular flexibility index (Phi) is 2.88. The van der Waals surface area contributed by atoms with Gasteiger partial charge in [0.1, 0.15) is 5.65 Å². The van der Waals surface area contributed by atoms with E-state index >= 15 is 0 Å². The van der Waals surface area contributed by atoms with Gasteiger partial charge in [-0.25, -0.2) is 4.98 Å². The molecule has 0 aliphatic heterocycles. The fourth-order valence-electron chi connectivity index (χ4n) is 2.83. The zero-order chi connectivity index (χ0) is 15.1. The first-order chi connectivity index (χ1) is 10.8. The zero-order valence-corrected chi connectivity index (χ0v) is 12.5. The molecule has 0 fully saturated rings. The van der Waals surface area contributed by atoms with Crippen molar-refractivity contribution in [3.8, 4) is 11.8 Å². The highest BCUT2D eigenvalue weighted by atomic mass is 32.1. The van der Waals surface area contributed by atoms with Crippen molar-refractivity contribution in [1.29, 1.82) is 5.26 Å². The van der Waals surface area contributed by atoms with Gasteiger partial charge in [0.15, 0.2) is 0 Å². The summed E-state index contributed by atoms with van der Waals surface area (Å²) in [6.45, 7) is 0. The molecule has 4 heteroatoms. The lowest BCUT2D eigenvalue weighted by molar-refractivity contribution is 0.986. The third-order valence-corrected chi connectivity index (χ3v) is 4.13. The number of hydrogen-bond acceptors (Lipinski definition) is 3. The predicted molar refractivity (Wildman–Crippen MR) is 90.5 cm³/mol. The molecule has 0 amide bonds. The van der Waals surface area contributed by atoms with Crippen LogP contribution in [-0.2, 0) is 0 Å². The van der Waals surface area contributed by atoms with Crippen molar-refractivity contribution in [2.24, 2.45) is 0 Å². The Morgan fingerprint density at radius 2 is 1.82 bits per heavy atom. The molecule has 0 atom stereocenters. The second-order valence-corrected chi connectivity index (χ2v) is 5.50. The molecule has 22 heavy (non-hydrogen) atoms.